The molecule has 0 unspecified atom stereocenters. The zero-order valence-electron chi connectivity index (χ0n) is 36.5. The highest BCUT2D eigenvalue weighted by Gasteiger charge is 2.37. The van der Waals surface area contributed by atoms with Gasteiger partial charge in [-0.3, -0.25) is 0 Å². The molecule has 11 aromatic rings. The van der Waals surface area contributed by atoms with Crippen LogP contribution < -0.4 is 0 Å². The predicted molar refractivity (Wildman–Crippen MR) is 271 cm³/mol. The fourth-order valence-corrected chi connectivity index (χ4v) is 11.4. The summed E-state index contributed by atoms with van der Waals surface area (Å²) < 4.78 is 4.83. The van der Waals surface area contributed by atoms with Gasteiger partial charge in [0, 0.05) is 43.7 Å². The van der Waals surface area contributed by atoms with E-state index in [1.54, 1.807) is 0 Å². The van der Waals surface area contributed by atoms with Crippen LogP contribution in [0.2, 0.25) is 0 Å². The summed E-state index contributed by atoms with van der Waals surface area (Å²) in [5.41, 5.74) is 22.9. The molecule has 13 rings (SSSR count). The largest absolute Gasteiger partial charge is 0.309 e. The van der Waals surface area contributed by atoms with E-state index in [1.165, 1.54) is 122 Å². The van der Waals surface area contributed by atoms with Gasteiger partial charge in [-0.2, -0.15) is 0 Å². The van der Waals surface area contributed by atoms with Gasteiger partial charge < -0.3 is 9.13 Å². The average molecular weight is 819 g/mol. The first-order valence-corrected chi connectivity index (χ1v) is 22.6. The van der Waals surface area contributed by atoms with Crippen molar-refractivity contribution in [3.63, 3.8) is 0 Å². The van der Waals surface area contributed by atoms with Gasteiger partial charge in [-0.05, 0) is 133 Å². The molecule has 0 fully saturated rings. The van der Waals surface area contributed by atoms with Crippen LogP contribution in [0, 0.1) is 0 Å². The fraction of sp³-hybridized carbons (Fsp3) is 0.0968. The van der Waals surface area contributed by atoms with E-state index in [0.717, 1.165) is 0 Å². The van der Waals surface area contributed by atoms with Crippen LogP contribution in [-0.2, 0) is 10.8 Å². The first-order valence-electron chi connectivity index (χ1n) is 22.6. The lowest BCUT2D eigenvalue weighted by atomic mass is 9.81. The molecule has 0 saturated carbocycles. The zero-order valence-corrected chi connectivity index (χ0v) is 36.5. The number of nitrogens with zero attached hydrogens (tertiary/aromatic N) is 2. The number of hydrogen-bond acceptors (Lipinski definition) is 0. The summed E-state index contributed by atoms with van der Waals surface area (Å²) in [5.74, 6) is 0. The van der Waals surface area contributed by atoms with Crippen molar-refractivity contribution in [3.05, 3.63) is 228 Å². The maximum Gasteiger partial charge on any atom is 0.0541 e. The molecule has 0 spiro atoms. The van der Waals surface area contributed by atoms with Crippen LogP contribution in [0.1, 0.15) is 61.1 Å². The van der Waals surface area contributed by atoms with E-state index >= 15 is 0 Å². The number of aromatic nitrogens is 2. The molecule has 2 aromatic heterocycles. The zero-order chi connectivity index (χ0) is 42.9. The Morgan fingerprint density at radius 2 is 0.781 bits per heavy atom. The van der Waals surface area contributed by atoms with E-state index in [-0.39, 0.29) is 10.8 Å². The minimum atomic E-state index is -0.149. The van der Waals surface area contributed by atoms with E-state index in [2.05, 4.69) is 243 Å². The number of fused-ring (bicyclic) bond motifs is 12. The van der Waals surface area contributed by atoms with E-state index in [1.807, 2.05) is 0 Å². The van der Waals surface area contributed by atoms with Gasteiger partial charge in [0.1, 0.15) is 0 Å². The van der Waals surface area contributed by atoms with Crippen molar-refractivity contribution in [2.24, 2.45) is 0 Å². The predicted octanol–water partition coefficient (Wildman–Crippen LogP) is 16.3. The standard InChI is InChI=1S/C62H46N2/c1-61(2)53-19-11-8-16-45(53)48-31-28-44(38-56(48)61)64-58-21-13-10-18-50(58)52-36-41(27-33-60(52)64)42-26-30-47-46-29-24-40(35-54(46)62(3,4)55(47)37-42)23-22-39-25-32-59-51(34-39)49-17-9-12-20-57(49)63(59)43-14-6-5-7-15-43/h5-38H,1-4H3/b23-22+. The van der Waals surface area contributed by atoms with Gasteiger partial charge in [-0.25, -0.2) is 0 Å². The molecule has 0 aliphatic heterocycles. The number of benzene rings is 9. The Morgan fingerprint density at radius 3 is 1.53 bits per heavy atom. The average Bonchev–Trinajstić information content (AvgIpc) is 3.99. The molecule has 0 amide bonds. The Hall–Kier alpha value is -7.68. The molecule has 0 saturated heterocycles. The molecule has 2 nitrogen and oxygen atoms in total. The van der Waals surface area contributed by atoms with Crippen LogP contribution in [0.4, 0.5) is 0 Å². The quantitative estimate of drug-likeness (QED) is 0.153. The molecule has 64 heavy (non-hydrogen) atoms. The van der Waals surface area contributed by atoms with E-state index < -0.39 is 0 Å². The molecule has 2 aliphatic rings. The Kier molecular flexibility index (Phi) is 7.74. The first-order chi connectivity index (χ1) is 31.2. The first kappa shape index (κ1) is 36.9. The monoisotopic (exact) mass is 818 g/mol. The molecule has 9 aromatic carbocycles. The lowest BCUT2D eigenvalue weighted by Crippen LogP contribution is -2.15. The second-order valence-electron chi connectivity index (χ2n) is 19.0. The maximum absolute atomic E-state index is 2.46. The van der Waals surface area contributed by atoms with Gasteiger partial charge in [0.25, 0.3) is 0 Å². The van der Waals surface area contributed by atoms with Crippen LogP contribution in [0.3, 0.4) is 0 Å². The van der Waals surface area contributed by atoms with Crippen LogP contribution in [-0.4, -0.2) is 9.13 Å². The summed E-state index contributed by atoms with van der Waals surface area (Å²) in [6, 6.07) is 72.3. The topological polar surface area (TPSA) is 9.86 Å². The van der Waals surface area contributed by atoms with Gasteiger partial charge in [-0.15, -0.1) is 0 Å². The summed E-state index contributed by atoms with van der Waals surface area (Å²) in [7, 11) is 0. The lowest BCUT2D eigenvalue weighted by Gasteiger charge is -2.22. The van der Waals surface area contributed by atoms with Crippen LogP contribution >= 0.6 is 0 Å². The van der Waals surface area contributed by atoms with E-state index in [9.17, 15) is 0 Å². The highest BCUT2D eigenvalue weighted by Crippen LogP contribution is 2.52. The molecule has 2 heteroatoms. The highest BCUT2D eigenvalue weighted by molar-refractivity contribution is 6.11. The SMILES string of the molecule is CC1(C)c2cc(/C=C/c3ccc4c(c3)c3ccccc3n4-c3ccccc3)ccc2-c2ccc(-c3ccc4c(c3)c3ccccc3n4-c3ccc4c(c3)C(C)(C)c3ccccc3-4)cc21. The molecule has 2 aliphatic carbocycles. The molecule has 0 bridgehead atoms. The summed E-state index contributed by atoms with van der Waals surface area (Å²) in [4.78, 5) is 0. The molecule has 0 radical (unpaired) electrons. The van der Waals surface area contributed by atoms with Gasteiger partial charge >= 0.3 is 0 Å². The fourth-order valence-electron chi connectivity index (χ4n) is 11.4. The van der Waals surface area contributed by atoms with Crippen molar-refractivity contribution in [1.29, 1.82) is 0 Å². The van der Waals surface area contributed by atoms with Crippen LogP contribution in [0.15, 0.2) is 194 Å². The number of hydrogen-bond donors (Lipinski definition) is 0. The molecule has 0 atom stereocenters. The Labute approximate surface area is 374 Å². The van der Waals surface area contributed by atoms with Gasteiger partial charge in [0.15, 0.2) is 0 Å². The van der Waals surface area contributed by atoms with Gasteiger partial charge in [0.2, 0.25) is 0 Å². The smallest absolute Gasteiger partial charge is 0.0541 e. The second-order valence-corrected chi connectivity index (χ2v) is 19.0. The van der Waals surface area contributed by atoms with Crippen molar-refractivity contribution >= 4 is 55.8 Å². The third-order valence-corrected chi connectivity index (χ3v) is 14.7. The molecule has 0 N–H and O–H groups in total. The molecular formula is C62H46N2. The minimum Gasteiger partial charge on any atom is -0.309 e. The van der Waals surface area contributed by atoms with Crippen molar-refractivity contribution in [3.8, 4) is 44.8 Å². The van der Waals surface area contributed by atoms with Crippen LogP contribution in [0.25, 0.3) is 101 Å². The Bertz CT molecular complexity index is 3770. The van der Waals surface area contributed by atoms with E-state index in [4.69, 9.17) is 0 Å². The normalized spacial score (nSPS) is 14.4. The summed E-state index contributed by atoms with van der Waals surface area (Å²) in [6.45, 7) is 9.50. The second kappa shape index (κ2) is 13.4. The summed E-state index contributed by atoms with van der Waals surface area (Å²) in [5, 5.41) is 5.08. The molecule has 304 valence electrons. The third-order valence-electron chi connectivity index (χ3n) is 14.7. The van der Waals surface area contributed by atoms with Crippen molar-refractivity contribution in [2.45, 2.75) is 38.5 Å². The molecule has 2 heterocycles. The summed E-state index contributed by atoms with van der Waals surface area (Å²) >= 11 is 0. The van der Waals surface area contributed by atoms with Crippen molar-refractivity contribution in [2.75, 3.05) is 0 Å². The number of para-hydroxylation sites is 3. The maximum atomic E-state index is 2.46. The Morgan fingerprint density at radius 1 is 0.312 bits per heavy atom. The van der Waals surface area contributed by atoms with E-state index in [0.29, 0.717) is 0 Å². The van der Waals surface area contributed by atoms with Gasteiger partial charge in [0.05, 0.1) is 22.1 Å². The van der Waals surface area contributed by atoms with Gasteiger partial charge in [-0.1, -0.05) is 167 Å². The molecular weight excluding hydrogens is 773 g/mol. The summed E-state index contributed by atoms with van der Waals surface area (Å²) in [6.07, 6.45) is 4.54. The van der Waals surface area contributed by atoms with Crippen molar-refractivity contribution in [1.82, 2.24) is 9.13 Å². The number of rotatable bonds is 5. The van der Waals surface area contributed by atoms with Crippen LogP contribution in [0.5, 0.6) is 0 Å². The Balaban J connectivity index is 0.834. The highest BCUT2D eigenvalue weighted by atomic mass is 15.0. The minimum absolute atomic E-state index is 0.0595. The lowest BCUT2D eigenvalue weighted by molar-refractivity contribution is 0.660. The van der Waals surface area contributed by atoms with Crippen molar-refractivity contribution < 1.29 is 0 Å². The third kappa shape index (κ3) is 5.26.